The molecule has 2 aromatic rings. The predicted molar refractivity (Wildman–Crippen MR) is 112 cm³/mol. The number of hydrogen-bond acceptors (Lipinski definition) is 9. The van der Waals surface area contributed by atoms with Crippen molar-refractivity contribution in [2.45, 2.75) is 16.3 Å². The number of nitrogen functional groups attached to an aromatic ring is 1. The zero-order valence-electron chi connectivity index (χ0n) is 17.2. The van der Waals surface area contributed by atoms with Gasteiger partial charge in [0.15, 0.2) is 9.84 Å². The fraction of sp³-hybridized carbons (Fsp3) is 0.421. The molecule has 1 aromatic carbocycles. The summed E-state index contributed by atoms with van der Waals surface area (Å²) in [5, 5.41) is 9.78. The molecule has 180 valence electrons. The first kappa shape index (κ1) is 24.7. The molecule has 2 fully saturated rings. The number of halogens is 3. The molecule has 1 aromatic heterocycles. The number of nitrogens with zero attached hydrogens (tertiary/aromatic N) is 3. The summed E-state index contributed by atoms with van der Waals surface area (Å²) in [6.45, 7) is 3.70. The number of nitrogens with one attached hydrogen (secondary N) is 1. The van der Waals surface area contributed by atoms with Crippen LogP contribution in [0.5, 0.6) is 0 Å². The summed E-state index contributed by atoms with van der Waals surface area (Å²) in [7, 11) is -3.39. The van der Waals surface area contributed by atoms with Crippen molar-refractivity contribution in [1.82, 2.24) is 15.3 Å². The molecule has 3 heterocycles. The van der Waals surface area contributed by atoms with Crippen LogP contribution in [0.4, 0.5) is 24.8 Å². The van der Waals surface area contributed by atoms with Crippen molar-refractivity contribution in [2.24, 2.45) is 0 Å². The zero-order chi connectivity index (χ0) is 24.2. The van der Waals surface area contributed by atoms with Crippen molar-refractivity contribution in [1.29, 1.82) is 0 Å². The Bertz CT molecular complexity index is 1090. The second-order valence-corrected chi connectivity index (χ2v) is 9.50. The van der Waals surface area contributed by atoms with E-state index in [2.05, 4.69) is 20.2 Å². The van der Waals surface area contributed by atoms with Crippen LogP contribution in [-0.2, 0) is 19.4 Å². The van der Waals surface area contributed by atoms with Gasteiger partial charge in [-0.25, -0.2) is 23.2 Å². The Kier molecular flexibility index (Phi) is 7.39. The van der Waals surface area contributed by atoms with E-state index in [1.54, 1.807) is 24.5 Å². The Morgan fingerprint density at radius 2 is 1.70 bits per heavy atom. The Balaban J connectivity index is 0.000000383. The number of sulfone groups is 1. The number of rotatable bonds is 4. The molecule has 10 nitrogen and oxygen atoms in total. The number of carbonyl (C=O) groups is 1. The molecule has 0 amide bonds. The highest BCUT2D eigenvalue weighted by molar-refractivity contribution is 7.92. The molecule has 33 heavy (non-hydrogen) atoms. The fourth-order valence-corrected chi connectivity index (χ4v) is 4.72. The quantitative estimate of drug-likeness (QED) is 0.567. The molecular formula is C19H22F3N5O5S. The van der Waals surface area contributed by atoms with Crippen molar-refractivity contribution in [3.05, 3.63) is 30.6 Å². The lowest BCUT2D eigenvalue weighted by Crippen LogP contribution is -2.51. The number of ether oxygens (including phenoxy) is 1. The Labute approximate surface area is 187 Å². The average molecular weight is 489 g/mol. The minimum Gasteiger partial charge on any atom is -0.475 e. The summed E-state index contributed by atoms with van der Waals surface area (Å²) < 4.78 is 63.1. The Hall–Kier alpha value is -2.97. The molecule has 0 atom stereocenters. The van der Waals surface area contributed by atoms with Crippen molar-refractivity contribution in [3.8, 4) is 11.1 Å². The first-order chi connectivity index (χ1) is 15.5. The third-order valence-corrected chi connectivity index (χ3v) is 7.13. The molecular weight excluding hydrogens is 467 g/mol. The maximum Gasteiger partial charge on any atom is 0.490 e. The summed E-state index contributed by atoms with van der Waals surface area (Å²) in [6.07, 6.45) is -1.86. The van der Waals surface area contributed by atoms with Crippen LogP contribution in [-0.4, -0.2) is 80.3 Å². The van der Waals surface area contributed by atoms with Crippen molar-refractivity contribution < 1.29 is 36.2 Å². The molecule has 4 rings (SSSR count). The van der Waals surface area contributed by atoms with E-state index in [0.717, 1.165) is 29.9 Å². The van der Waals surface area contributed by atoms with Crippen molar-refractivity contribution in [3.63, 3.8) is 0 Å². The molecule has 14 heteroatoms. The number of carboxylic acids is 1. The molecule has 0 unspecified atom stereocenters. The highest BCUT2D eigenvalue weighted by atomic mass is 32.2. The molecule has 0 bridgehead atoms. The van der Waals surface area contributed by atoms with Gasteiger partial charge in [0.1, 0.15) is 0 Å². The van der Waals surface area contributed by atoms with Gasteiger partial charge in [0.25, 0.3) is 0 Å². The monoisotopic (exact) mass is 489 g/mol. The van der Waals surface area contributed by atoms with Crippen molar-refractivity contribution in [2.75, 3.05) is 50.0 Å². The molecule has 0 spiro atoms. The standard InChI is InChI=1S/C17H21N5O3S.C2HF3O2/c18-17-20-8-13(9-21-17)12-5-14(22-1-3-25-4-2-22)7-15(6-12)26(23,24)16-10-19-11-16;3-2(4,5)1(6)7/h5-9,16,19H,1-4,10-11H2,(H2,18,20,21);(H,6,7). The van der Waals surface area contributed by atoms with E-state index in [-0.39, 0.29) is 11.2 Å². The molecule has 0 saturated carbocycles. The van der Waals surface area contributed by atoms with E-state index in [0.29, 0.717) is 31.2 Å². The number of aliphatic carboxylic acids is 1. The van der Waals surface area contributed by atoms with E-state index in [4.69, 9.17) is 20.4 Å². The van der Waals surface area contributed by atoms with Crippen LogP contribution in [0.25, 0.3) is 11.1 Å². The minimum atomic E-state index is -5.08. The van der Waals surface area contributed by atoms with E-state index in [1.165, 1.54) is 0 Å². The van der Waals surface area contributed by atoms with Gasteiger partial charge in [-0.3, -0.25) is 0 Å². The summed E-state index contributed by atoms with van der Waals surface area (Å²) in [5.41, 5.74) is 7.94. The summed E-state index contributed by atoms with van der Waals surface area (Å²) >= 11 is 0. The number of nitrogens with two attached hydrogens (primary N) is 1. The number of alkyl halides is 3. The first-order valence-electron chi connectivity index (χ1n) is 9.79. The molecule has 4 N–H and O–H groups in total. The van der Waals surface area contributed by atoms with Gasteiger partial charge in [-0.15, -0.1) is 0 Å². The smallest absolute Gasteiger partial charge is 0.475 e. The predicted octanol–water partition coefficient (Wildman–Crippen LogP) is 0.941. The van der Waals surface area contributed by atoms with Gasteiger partial charge >= 0.3 is 12.1 Å². The Morgan fingerprint density at radius 3 is 2.18 bits per heavy atom. The van der Waals surface area contributed by atoms with Crippen LogP contribution < -0.4 is 16.0 Å². The van der Waals surface area contributed by atoms with Crippen LogP contribution >= 0.6 is 0 Å². The first-order valence-corrected chi connectivity index (χ1v) is 11.3. The van der Waals surface area contributed by atoms with Gasteiger partial charge in [-0.1, -0.05) is 0 Å². The average Bonchev–Trinajstić information content (AvgIpc) is 2.73. The number of hydrogen-bond donors (Lipinski definition) is 3. The lowest BCUT2D eigenvalue weighted by atomic mass is 10.1. The SMILES string of the molecule is Nc1ncc(-c2cc(N3CCOCC3)cc(S(=O)(=O)C3CNC3)c2)cn1.O=C(O)C(F)(F)F. The van der Waals surface area contributed by atoms with E-state index in [1.807, 2.05) is 6.07 Å². The minimum absolute atomic E-state index is 0.187. The van der Waals surface area contributed by atoms with Crippen LogP contribution in [0.2, 0.25) is 0 Å². The molecule has 0 radical (unpaired) electrons. The van der Waals surface area contributed by atoms with Crippen LogP contribution in [0.1, 0.15) is 0 Å². The largest absolute Gasteiger partial charge is 0.490 e. The summed E-state index contributed by atoms with van der Waals surface area (Å²) in [6, 6.07) is 5.44. The van der Waals surface area contributed by atoms with Crippen LogP contribution in [0.15, 0.2) is 35.5 Å². The number of morpholine rings is 1. The van der Waals surface area contributed by atoms with Crippen LogP contribution in [0.3, 0.4) is 0 Å². The maximum absolute atomic E-state index is 13.0. The topological polar surface area (TPSA) is 148 Å². The van der Waals surface area contributed by atoms with E-state index in [9.17, 15) is 21.6 Å². The number of aromatic nitrogens is 2. The zero-order valence-corrected chi connectivity index (χ0v) is 18.1. The van der Waals surface area contributed by atoms with Gasteiger partial charge < -0.3 is 25.8 Å². The van der Waals surface area contributed by atoms with Gasteiger partial charge in [-0.2, -0.15) is 13.2 Å². The van der Waals surface area contributed by atoms with Crippen molar-refractivity contribution >= 4 is 27.4 Å². The number of benzene rings is 1. The molecule has 2 aliphatic heterocycles. The van der Waals surface area contributed by atoms with Gasteiger partial charge in [-0.05, 0) is 23.8 Å². The third-order valence-electron chi connectivity index (χ3n) is 5.03. The second-order valence-electron chi connectivity index (χ2n) is 7.27. The molecule has 2 aliphatic rings. The number of carboxylic acid groups (broad SMARTS) is 1. The molecule has 0 aliphatic carbocycles. The Morgan fingerprint density at radius 1 is 1.12 bits per heavy atom. The lowest BCUT2D eigenvalue weighted by Gasteiger charge is -2.31. The third kappa shape index (κ3) is 6.09. The maximum atomic E-state index is 13.0. The normalized spacial score (nSPS) is 17.0. The number of anilines is 2. The van der Waals surface area contributed by atoms with Gasteiger partial charge in [0, 0.05) is 49.8 Å². The lowest BCUT2D eigenvalue weighted by molar-refractivity contribution is -0.192. The summed E-state index contributed by atoms with van der Waals surface area (Å²) in [4.78, 5) is 19.4. The highest BCUT2D eigenvalue weighted by Gasteiger charge is 2.38. The van der Waals surface area contributed by atoms with Gasteiger partial charge in [0.2, 0.25) is 5.95 Å². The summed E-state index contributed by atoms with van der Waals surface area (Å²) in [5.74, 6) is -2.57. The second kappa shape index (κ2) is 9.89. The van der Waals surface area contributed by atoms with Crippen LogP contribution in [0, 0.1) is 0 Å². The fourth-order valence-electron chi connectivity index (χ4n) is 3.08. The van der Waals surface area contributed by atoms with E-state index < -0.39 is 22.0 Å². The van der Waals surface area contributed by atoms with Gasteiger partial charge in [0.05, 0.1) is 23.4 Å². The molecule has 2 saturated heterocycles. The van der Waals surface area contributed by atoms with E-state index >= 15 is 0 Å². The highest BCUT2D eigenvalue weighted by Crippen LogP contribution is 2.31.